The maximum absolute atomic E-state index is 13.8. The summed E-state index contributed by atoms with van der Waals surface area (Å²) in [5.74, 6) is -1.35. The first kappa shape index (κ1) is 26.2. The van der Waals surface area contributed by atoms with Gasteiger partial charge in [0.25, 0.3) is 0 Å². The predicted octanol–water partition coefficient (Wildman–Crippen LogP) is 2.49. The van der Waals surface area contributed by atoms with Crippen LogP contribution in [0.2, 0.25) is 0 Å². The Balaban J connectivity index is 1.79. The van der Waals surface area contributed by atoms with Crippen molar-refractivity contribution in [3.8, 4) is 0 Å². The number of fused-ring (bicyclic) bond motifs is 1. The Morgan fingerprint density at radius 3 is 2.53 bits per heavy atom. The van der Waals surface area contributed by atoms with Gasteiger partial charge in [0.15, 0.2) is 0 Å². The number of carbonyl (C=O) groups is 3. The van der Waals surface area contributed by atoms with Gasteiger partial charge in [0, 0.05) is 6.04 Å². The first-order valence-corrected chi connectivity index (χ1v) is 12.6. The molecule has 3 rings (SSSR count). The lowest BCUT2D eigenvalue weighted by Gasteiger charge is -2.36. The van der Waals surface area contributed by atoms with E-state index in [-0.39, 0.29) is 17.9 Å². The molecule has 1 saturated carbocycles. The van der Waals surface area contributed by atoms with Gasteiger partial charge in [-0.15, -0.1) is 0 Å². The fourth-order valence-corrected chi connectivity index (χ4v) is 5.56. The molecule has 34 heavy (non-hydrogen) atoms. The highest BCUT2D eigenvalue weighted by molar-refractivity contribution is 5.88. The molecular weight excluding hydrogens is 434 g/mol. The second-order valence-corrected chi connectivity index (χ2v) is 9.55. The first-order valence-electron chi connectivity index (χ1n) is 12.6. The Labute approximate surface area is 202 Å². The maximum atomic E-state index is 13.8. The van der Waals surface area contributed by atoms with E-state index < -0.39 is 30.1 Å². The van der Waals surface area contributed by atoms with Crippen LogP contribution in [-0.4, -0.2) is 65.7 Å². The molecule has 8 nitrogen and oxygen atoms in total. The zero-order chi connectivity index (χ0) is 24.5. The van der Waals surface area contributed by atoms with Gasteiger partial charge in [-0.25, -0.2) is 4.79 Å². The van der Waals surface area contributed by atoms with Crippen LogP contribution in [0.15, 0.2) is 30.3 Å². The molecule has 1 saturated heterocycles. The van der Waals surface area contributed by atoms with Crippen LogP contribution in [0.3, 0.4) is 0 Å². The minimum absolute atomic E-state index is 0.0398. The molecule has 8 heteroatoms. The summed E-state index contributed by atoms with van der Waals surface area (Å²) in [6.07, 6.45) is 7.50. The molecule has 2 fully saturated rings. The summed E-state index contributed by atoms with van der Waals surface area (Å²) >= 11 is 0. The molecule has 1 aromatic carbocycles. The van der Waals surface area contributed by atoms with Crippen LogP contribution < -0.4 is 11.1 Å². The van der Waals surface area contributed by atoms with Crippen LogP contribution in [0.1, 0.15) is 63.4 Å². The van der Waals surface area contributed by atoms with Crippen molar-refractivity contribution in [1.82, 2.24) is 10.2 Å². The van der Waals surface area contributed by atoms with Crippen LogP contribution >= 0.6 is 0 Å². The highest BCUT2D eigenvalue weighted by Gasteiger charge is 2.49. The molecule has 1 aliphatic heterocycles. The summed E-state index contributed by atoms with van der Waals surface area (Å²) in [5.41, 5.74) is 6.77. The number of rotatable bonds is 12. The Bertz CT molecular complexity index is 818. The lowest BCUT2D eigenvalue weighted by molar-refractivity contribution is -0.152. The van der Waals surface area contributed by atoms with Gasteiger partial charge < -0.3 is 20.5 Å². The number of ether oxygens (including phenoxy) is 1. The summed E-state index contributed by atoms with van der Waals surface area (Å²) < 4.78 is 5.04. The molecule has 188 valence electrons. The van der Waals surface area contributed by atoms with Gasteiger partial charge in [-0.1, -0.05) is 49.6 Å². The van der Waals surface area contributed by atoms with Crippen molar-refractivity contribution < 1.29 is 24.2 Å². The van der Waals surface area contributed by atoms with Crippen molar-refractivity contribution in [1.29, 1.82) is 0 Å². The van der Waals surface area contributed by atoms with E-state index >= 15 is 0 Å². The summed E-state index contributed by atoms with van der Waals surface area (Å²) in [7, 11) is 1.35. The van der Waals surface area contributed by atoms with E-state index in [1.165, 1.54) is 7.11 Å². The molecule has 5 atom stereocenters. The van der Waals surface area contributed by atoms with Crippen molar-refractivity contribution in [2.75, 3.05) is 13.7 Å². The molecule has 1 aromatic rings. The molecule has 0 spiro atoms. The number of unbranched alkanes of at least 4 members (excludes halogenated alkanes) is 1. The summed E-state index contributed by atoms with van der Waals surface area (Å²) in [5, 5.41) is 13.2. The van der Waals surface area contributed by atoms with Crippen molar-refractivity contribution >= 4 is 17.8 Å². The van der Waals surface area contributed by atoms with Gasteiger partial charge in [0.1, 0.15) is 12.1 Å². The Morgan fingerprint density at radius 2 is 1.85 bits per heavy atom. The number of hydrogen-bond acceptors (Lipinski definition) is 6. The van der Waals surface area contributed by atoms with Gasteiger partial charge in [0.2, 0.25) is 5.91 Å². The molecule has 4 unspecified atom stereocenters. The van der Waals surface area contributed by atoms with Crippen LogP contribution in [0.4, 0.5) is 0 Å². The third-order valence-corrected chi connectivity index (χ3v) is 7.33. The van der Waals surface area contributed by atoms with E-state index in [0.29, 0.717) is 38.6 Å². The number of nitrogens with two attached hydrogens (primary N) is 1. The molecule has 2 aliphatic rings. The van der Waals surface area contributed by atoms with Crippen molar-refractivity contribution in [3.05, 3.63) is 35.9 Å². The Hall–Kier alpha value is -2.45. The van der Waals surface area contributed by atoms with Gasteiger partial charge in [-0.3, -0.25) is 14.9 Å². The van der Waals surface area contributed by atoms with E-state index in [9.17, 15) is 19.5 Å². The number of carboxylic acids is 1. The average molecular weight is 474 g/mol. The van der Waals surface area contributed by atoms with E-state index in [4.69, 9.17) is 10.5 Å². The number of hydrogen-bond donors (Lipinski definition) is 3. The zero-order valence-corrected chi connectivity index (χ0v) is 20.2. The second kappa shape index (κ2) is 12.9. The number of likely N-dealkylation sites (tertiary alicyclic amines) is 1. The third-order valence-electron chi connectivity index (χ3n) is 7.33. The van der Waals surface area contributed by atoms with E-state index in [1.54, 1.807) is 4.90 Å². The van der Waals surface area contributed by atoms with Gasteiger partial charge in [0.05, 0.1) is 13.2 Å². The van der Waals surface area contributed by atoms with E-state index in [1.807, 2.05) is 30.3 Å². The SMILES string of the molecule is COC(=O)C(CCc1ccccc1)N[C@@H](CCCCN)C(=O)N1C(C(=O)O)CC2CCCCC21. The number of carbonyl (C=O) groups excluding carboxylic acids is 2. The van der Waals surface area contributed by atoms with Crippen molar-refractivity contribution in [3.63, 3.8) is 0 Å². The third kappa shape index (κ3) is 6.57. The molecule has 4 N–H and O–H groups in total. The smallest absolute Gasteiger partial charge is 0.326 e. The van der Waals surface area contributed by atoms with Gasteiger partial charge >= 0.3 is 11.9 Å². The predicted molar refractivity (Wildman–Crippen MR) is 129 cm³/mol. The normalized spacial score (nSPS) is 23.7. The minimum Gasteiger partial charge on any atom is -0.480 e. The van der Waals surface area contributed by atoms with Crippen LogP contribution in [-0.2, 0) is 25.5 Å². The quantitative estimate of drug-likeness (QED) is 0.315. The minimum atomic E-state index is -0.947. The largest absolute Gasteiger partial charge is 0.480 e. The number of methoxy groups -OCH3 is 1. The number of carboxylic acid groups (broad SMARTS) is 1. The van der Waals surface area contributed by atoms with E-state index in [0.717, 1.165) is 37.7 Å². The number of nitrogens with one attached hydrogen (secondary N) is 1. The summed E-state index contributed by atoms with van der Waals surface area (Å²) in [6, 6.07) is 7.69. The Kier molecular flexibility index (Phi) is 9.89. The van der Waals surface area contributed by atoms with Crippen molar-refractivity contribution in [2.45, 2.75) is 88.4 Å². The fourth-order valence-electron chi connectivity index (χ4n) is 5.56. The molecule has 1 aliphatic carbocycles. The van der Waals surface area contributed by atoms with Crippen LogP contribution in [0, 0.1) is 5.92 Å². The zero-order valence-electron chi connectivity index (χ0n) is 20.2. The standard InChI is InChI=1S/C26H39N3O5/c1-34-26(33)21(15-14-18-9-3-2-4-10-18)28-20(12-7-8-16-27)24(30)29-22-13-6-5-11-19(22)17-23(29)25(31)32/h2-4,9-10,19-23,28H,5-8,11-17,27H2,1H3,(H,31,32)/t19?,20-,21?,22?,23?/m0/s1. The highest BCUT2D eigenvalue weighted by Crippen LogP contribution is 2.40. The van der Waals surface area contributed by atoms with Gasteiger partial charge in [-0.2, -0.15) is 0 Å². The number of aliphatic carboxylic acids is 1. The van der Waals surface area contributed by atoms with E-state index in [2.05, 4.69) is 5.32 Å². The number of nitrogens with zero attached hydrogens (tertiary/aromatic N) is 1. The Morgan fingerprint density at radius 1 is 1.12 bits per heavy atom. The monoisotopic (exact) mass is 473 g/mol. The lowest BCUT2D eigenvalue weighted by atomic mass is 9.84. The van der Waals surface area contributed by atoms with Crippen molar-refractivity contribution in [2.24, 2.45) is 11.7 Å². The maximum Gasteiger partial charge on any atom is 0.326 e. The average Bonchev–Trinajstić information content (AvgIpc) is 3.25. The summed E-state index contributed by atoms with van der Waals surface area (Å²) in [6.45, 7) is 0.515. The molecule has 0 radical (unpaired) electrons. The number of amides is 1. The molecular formula is C26H39N3O5. The number of esters is 1. The molecule has 0 bridgehead atoms. The number of aryl methyl sites for hydroxylation is 1. The molecule has 0 aromatic heterocycles. The summed E-state index contributed by atoms with van der Waals surface area (Å²) in [4.78, 5) is 40.2. The first-order chi connectivity index (χ1) is 16.5. The van der Waals surface area contributed by atoms with Gasteiger partial charge in [-0.05, 0) is 63.0 Å². The highest BCUT2D eigenvalue weighted by atomic mass is 16.5. The topological polar surface area (TPSA) is 122 Å². The number of benzene rings is 1. The van der Waals surface area contributed by atoms with Crippen LogP contribution in [0.25, 0.3) is 0 Å². The second-order valence-electron chi connectivity index (χ2n) is 9.55. The lowest BCUT2D eigenvalue weighted by Crippen LogP contribution is -2.56. The fraction of sp³-hybridized carbons (Fsp3) is 0.654. The molecule has 1 amide bonds. The van der Waals surface area contributed by atoms with Crippen LogP contribution in [0.5, 0.6) is 0 Å². The molecule has 1 heterocycles.